The van der Waals surface area contributed by atoms with Crippen LogP contribution in [0.1, 0.15) is 49.4 Å². The fraction of sp³-hybridized carbons (Fsp3) is 0.381. The van der Waals surface area contributed by atoms with E-state index in [0.29, 0.717) is 35.8 Å². The van der Waals surface area contributed by atoms with Crippen LogP contribution in [0.5, 0.6) is 0 Å². The number of nitrogens with one attached hydrogen (secondary N) is 4. The zero-order valence-corrected chi connectivity index (χ0v) is 18.6. The van der Waals surface area contributed by atoms with Crippen LogP contribution in [-0.2, 0) is 4.79 Å². The zero-order chi connectivity index (χ0) is 21.9. The molecule has 0 aliphatic heterocycles. The Kier molecular flexibility index (Phi) is 5.71. The summed E-state index contributed by atoms with van der Waals surface area (Å²) in [6.07, 6.45) is 6.36. The Morgan fingerprint density at radius 2 is 2.22 bits per heavy atom. The molecule has 10 nitrogen and oxygen atoms in total. The molecule has 4 N–H and O–H groups in total. The fourth-order valence-electron chi connectivity index (χ4n) is 3.43. The van der Waals surface area contributed by atoms with Crippen LogP contribution in [0.15, 0.2) is 29.8 Å². The van der Waals surface area contributed by atoms with Crippen LogP contribution in [0.4, 0.5) is 22.7 Å². The average Bonchev–Trinajstić information content (AvgIpc) is 3.13. The monoisotopic (exact) mass is 451 g/mol. The molecular weight excluding hydrogens is 426 g/mol. The van der Waals surface area contributed by atoms with Crippen molar-refractivity contribution in [2.24, 2.45) is 0 Å². The molecule has 4 heterocycles. The summed E-state index contributed by atoms with van der Waals surface area (Å²) < 4.78 is 1.79. The van der Waals surface area contributed by atoms with Crippen molar-refractivity contribution in [3.8, 4) is 0 Å². The van der Waals surface area contributed by atoms with E-state index in [1.807, 2.05) is 36.7 Å². The quantitative estimate of drug-likeness (QED) is 0.268. The number of thiazole rings is 1. The predicted molar refractivity (Wildman–Crippen MR) is 125 cm³/mol. The largest absolute Gasteiger partial charge is 0.353 e. The summed E-state index contributed by atoms with van der Waals surface area (Å²) >= 11 is 1.44. The van der Waals surface area contributed by atoms with Gasteiger partial charge < -0.3 is 16.0 Å². The van der Waals surface area contributed by atoms with Crippen LogP contribution in [0.2, 0.25) is 0 Å². The number of nitrogens with zero attached hydrogens (tertiary/aromatic N) is 5. The van der Waals surface area contributed by atoms with Crippen LogP contribution in [0, 0.1) is 6.92 Å². The molecule has 0 bridgehead atoms. The predicted octanol–water partition coefficient (Wildman–Crippen LogP) is 4.06. The molecule has 4 aromatic heterocycles. The van der Waals surface area contributed by atoms with Crippen LogP contribution in [0.25, 0.3) is 5.52 Å². The van der Waals surface area contributed by atoms with Gasteiger partial charge in [0.25, 0.3) is 0 Å². The lowest BCUT2D eigenvalue weighted by molar-refractivity contribution is -0.116. The van der Waals surface area contributed by atoms with Gasteiger partial charge in [-0.15, -0.1) is 16.4 Å². The van der Waals surface area contributed by atoms with Gasteiger partial charge in [-0.05, 0) is 44.7 Å². The molecule has 1 amide bonds. The van der Waals surface area contributed by atoms with E-state index in [4.69, 9.17) is 0 Å². The minimum Gasteiger partial charge on any atom is -0.353 e. The number of H-pyrrole nitrogens is 1. The third-order valence-electron chi connectivity index (χ3n) is 5.23. The van der Waals surface area contributed by atoms with Crippen LogP contribution < -0.4 is 16.0 Å². The number of fused-ring (bicyclic) bond motifs is 1. The number of hydrogen-bond donors (Lipinski definition) is 4. The second kappa shape index (κ2) is 8.95. The number of hydrogen-bond acceptors (Lipinski definition) is 8. The van der Waals surface area contributed by atoms with Crippen molar-refractivity contribution in [2.45, 2.75) is 44.9 Å². The molecule has 0 aromatic carbocycles. The molecule has 0 unspecified atom stereocenters. The van der Waals surface area contributed by atoms with Gasteiger partial charge in [0, 0.05) is 42.2 Å². The van der Waals surface area contributed by atoms with Gasteiger partial charge in [-0.25, -0.2) is 9.50 Å². The van der Waals surface area contributed by atoms with E-state index in [2.05, 4.69) is 41.2 Å². The number of aryl methyl sites for hydroxylation is 1. The number of amides is 1. The number of carbonyl (C=O) groups is 1. The first-order chi connectivity index (χ1) is 15.6. The average molecular weight is 452 g/mol. The Balaban J connectivity index is 1.14. The van der Waals surface area contributed by atoms with Crippen molar-refractivity contribution in [1.29, 1.82) is 0 Å². The molecule has 0 spiro atoms. The highest BCUT2D eigenvalue weighted by Crippen LogP contribution is 2.39. The van der Waals surface area contributed by atoms with Crippen LogP contribution in [0.3, 0.4) is 0 Å². The molecule has 0 saturated heterocycles. The summed E-state index contributed by atoms with van der Waals surface area (Å²) in [6, 6.07) is 5.94. The molecule has 1 aliphatic rings. The number of aromatic nitrogens is 6. The molecule has 1 fully saturated rings. The van der Waals surface area contributed by atoms with Crippen LogP contribution >= 0.6 is 11.3 Å². The van der Waals surface area contributed by atoms with E-state index in [1.54, 1.807) is 4.52 Å². The van der Waals surface area contributed by atoms with Gasteiger partial charge in [0.05, 0.1) is 5.69 Å². The fourth-order valence-corrected chi connectivity index (χ4v) is 4.14. The first-order valence-corrected chi connectivity index (χ1v) is 11.7. The summed E-state index contributed by atoms with van der Waals surface area (Å²) in [5, 5.41) is 23.9. The molecule has 4 aromatic rings. The van der Waals surface area contributed by atoms with Gasteiger partial charge in [0.2, 0.25) is 11.9 Å². The van der Waals surface area contributed by atoms with Crippen molar-refractivity contribution >= 4 is 45.5 Å². The first kappa shape index (κ1) is 20.4. The second-order valence-electron chi connectivity index (χ2n) is 7.96. The van der Waals surface area contributed by atoms with E-state index in [0.717, 1.165) is 29.9 Å². The Labute approximate surface area is 188 Å². The van der Waals surface area contributed by atoms with Gasteiger partial charge in [0.1, 0.15) is 5.52 Å². The van der Waals surface area contributed by atoms with Crippen molar-refractivity contribution < 1.29 is 4.79 Å². The molecule has 0 atom stereocenters. The number of aromatic amines is 1. The number of rotatable bonds is 10. The Hall–Kier alpha value is -3.47. The van der Waals surface area contributed by atoms with E-state index < -0.39 is 0 Å². The lowest BCUT2D eigenvalue weighted by Gasteiger charge is -2.09. The zero-order valence-electron chi connectivity index (χ0n) is 17.8. The van der Waals surface area contributed by atoms with Gasteiger partial charge in [-0.1, -0.05) is 0 Å². The Morgan fingerprint density at radius 3 is 3.03 bits per heavy atom. The first-order valence-electron chi connectivity index (χ1n) is 10.8. The van der Waals surface area contributed by atoms with Crippen molar-refractivity contribution in [3.05, 3.63) is 41.2 Å². The van der Waals surface area contributed by atoms with Crippen LogP contribution in [-0.4, -0.2) is 42.2 Å². The third kappa shape index (κ3) is 4.88. The van der Waals surface area contributed by atoms with Gasteiger partial charge in [0.15, 0.2) is 16.8 Å². The summed E-state index contributed by atoms with van der Waals surface area (Å²) in [5.74, 6) is 2.57. The van der Waals surface area contributed by atoms with Gasteiger partial charge in [-0.2, -0.15) is 10.1 Å². The molecule has 0 radical (unpaired) electrons. The van der Waals surface area contributed by atoms with Crippen molar-refractivity contribution in [2.75, 3.05) is 22.5 Å². The van der Waals surface area contributed by atoms with E-state index in [1.165, 1.54) is 29.9 Å². The standard InChI is InChI=1S/C21H25N9OS/c1-13-12-32-21(23-13)25-18(31)6-2-3-9-22-20-26-19(16-5-4-10-30(16)29-20)24-17-11-15(27-28-17)14-7-8-14/h4-5,10-12,14H,2-3,6-9H2,1H3,(H,23,25,31)(H3,22,24,26,27,28,29). The minimum absolute atomic E-state index is 0.0135. The van der Waals surface area contributed by atoms with Crippen molar-refractivity contribution in [1.82, 2.24) is 29.8 Å². The summed E-state index contributed by atoms with van der Waals surface area (Å²) in [7, 11) is 0. The maximum absolute atomic E-state index is 12.0. The lowest BCUT2D eigenvalue weighted by atomic mass is 10.2. The molecule has 32 heavy (non-hydrogen) atoms. The molecule has 1 aliphatic carbocycles. The molecule has 11 heteroatoms. The summed E-state index contributed by atoms with van der Waals surface area (Å²) in [6.45, 7) is 2.58. The summed E-state index contributed by atoms with van der Waals surface area (Å²) in [5.41, 5.74) is 2.96. The number of carbonyl (C=O) groups excluding carboxylic acids is 1. The SMILES string of the molecule is Cc1csc(NC(=O)CCCCNc2nc(Nc3cc(C4CC4)[nH]n3)c3cccn3n2)n1. The smallest absolute Gasteiger partial charge is 0.243 e. The number of unbranched alkanes of at least 4 members (excludes halogenated alkanes) is 1. The van der Waals surface area contributed by atoms with Crippen molar-refractivity contribution in [3.63, 3.8) is 0 Å². The molecule has 1 saturated carbocycles. The van der Waals surface area contributed by atoms with E-state index in [-0.39, 0.29) is 5.91 Å². The molecular formula is C21H25N9OS. The van der Waals surface area contributed by atoms with Gasteiger partial charge >= 0.3 is 0 Å². The normalized spacial score (nSPS) is 13.4. The maximum atomic E-state index is 12.0. The van der Waals surface area contributed by atoms with E-state index >= 15 is 0 Å². The molecule has 166 valence electrons. The molecule has 5 rings (SSSR count). The summed E-state index contributed by atoms with van der Waals surface area (Å²) in [4.78, 5) is 20.9. The van der Waals surface area contributed by atoms with Gasteiger partial charge in [-0.3, -0.25) is 9.89 Å². The Bertz CT molecular complexity index is 1220. The highest BCUT2D eigenvalue weighted by Gasteiger charge is 2.25. The highest BCUT2D eigenvalue weighted by atomic mass is 32.1. The number of anilines is 4. The minimum atomic E-state index is -0.0135. The lowest BCUT2D eigenvalue weighted by Crippen LogP contribution is -2.13. The second-order valence-corrected chi connectivity index (χ2v) is 8.81. The Morgan fingerprint density at radius 1 is 1.31 bits per heavy atom. The van der Waals surface area contributed by atoms with E-state index in [9.17, 15) is 4.79 Å². The third-order valence-corrected chi connectivity index (χ3v) is 6.11. The highest BCUT2D eigenvalue weighted by molar-refractivity contribution is 7.13. The topological polar surface area (TPSA) is 125 Å². The maximum Gasteiger partial charge on any atom is 0.243 e.